The third-order valence-electron chi connectivity index (χ3n) is 4.51. The van der Waals surface area contributed by atoms with Crippen LogP contribution >= 0.6 is 0 Å². The summed E-state index contributed by atoms with van der Waals surface area (Å²) in [5.41, 5.74) is -0.0985. The molecule has 0 spiro atoms. The first-order chi connectivity index (χ1) is 14.9. The van der Waals surface area contributed by atoms with Crippen LogP contribution in [0.5, 0.6) is 0 Å². The number of nitrogens with zero attached hydrogens (tertiary/aromatic N) is 3. The fraction of sp³-hybridized carbons (Fsp3) is 0.0476. The van der Waals surface area contributed by atoms with Crippen LogP contribution in [0.15, 0.2) is 83.8 Å². The van der Waals surface area contributed by atoms with E-state index in [2.05, 4.69) is 15.3 Å². The van der Waals surface area contributed by atoms with Gasteiger partial charge in [-0.15, -0.1) is 0 Å². The first-order valence-electron chi connectivity index (χ1n) is 9.07. The highest BCUT2D eigenvalue weighted by Crippen LogP contribution is 2.37. The summed E-state index contributed by atoms with van der Waals surface area (Å²) >= 11 is 0. The van der Waals surface area contributed by atoms with Gasteiger partial charge in [0.1, 0.15) is 5.82 Å². The maximum atomic E-state index is 13.1. The van der Waals surface area contributed by atoms with Crippen LogP contribution in [0.2, 0.25) is 0 Å². The number of fused-ring (bicyclic) bond motifs is 1. The lowest BCUT2D eigenvalue weighted by molar-refractivity contribution is -0.113. The van der Waals surface area contributed by atoms with E-state index >= 15 is 0 Å². The zero-order valence-corrected chi connectivity index (χ0v) is 17.0. The summed E-state index contributed by atoms with van der Waals surface area (Å²) in [6, 6.07) is 13.9. The van der Waals surface area contributed by atoms with Gasteiger partial charge in [0.2, 0.25) is 0 Å². The molecule has 1 aromatic carbocycles. The third kappa shape index (κ3) is 3.76. The number of amides is 1. The molecule has 1 aliphatic rings. The van der Waals surface area contributed by atoms with Gasteiger partial charge in [0, 0.05) is 31.2 Å². The molecule has 31 heavy (non-hydrogen) atoms. The summed E-state index contributed by atoms with van der Waals surface area (Å²) in [7, 11) is -2.83. The number of likely N-dealkylation sites (N-methyl/N-ethyl adjacent to an activating group) is 1. The quantitative estimate of drug-likeness (QED) is 0.623. The Labute approximate surface area is 178 Å². The second-order valence-corrected chi connectivity index (χ2v) is 8.38. The lowest BCUT2D eigenvalue weighted by Crippen LogP contribution is -2.38. The van der Waals surface area contributed by atoms with Crippen LogP contribution in [0.3, 0.4) is 0 Å². The van der Waals surface area contributed by atoms with Crippen molar-refractivity contribution in [1.29, 1.82) is 0 Å². The molecular formula is C21H16N4O5S. The van der Waals surface area contributed by atoms with Crippen molar-refractivity contribution in [1.82, 2.24) is 14.3 Å². The van der Waals surface area contributed by atoms with Crippen molar-refractivity contribution >= 4 is 33.5 Å². The van der Waals surface area contributed by atoms with E-state index < -0.39 is 21.9 Å². The SMILES string of the molecule is CN1C(C(=O)Nc2ccccn2)=C(OC(=O)c2cccnc2)c2ccccc2S1(=O)=O. The van der Waals surface area contributed by atoms with Crippen LogP contribution in [0.25, 0.3) is 5.76 Å². The molecular weight excluding hydrogens is 420 g/mol. The predicted molar refractivity (Wildman–Crippen MR) is 111 cm³/mol. The molecule has 0 saturated heterocycles. The van der Waals surface area contributed by atoms with E-state index in [-0.39, 0.29) is 33.3 Å². The van der Waals surface area contributed by atoms with Gasteiger partial charge in [0.25, 0.3) is 15.9 Å². The number of carbonyl (C=O) groups excluding carboxylic acids is 2. The van der Waals surface area contributed by atoms with E-state index in [1.165, 1.54) is 43.8 Å². The van der Waals surface area contributed by atoms with Gasteiger partial charge in [-0.1, -0.05) is 18.2 Å². The van der Waals surface area contributed by atoms with Gasteiger partial charge in [-0.3, -0.25) is 14.1 Å². The van der Waals surface area contributed by atoms with Gasteiger partial charge in [0.15, 0.2) is 11.5 Å². The zero-order chi connectivity index (χ0) is 22.0. The van der Waals surface area contributed by atoms with Crippen LogP contribution < -0.4 is 5.32 Å². The Balaban J connectivity index is 1.85. The molecule has 9 nitrogen and oxygen atoms in total. The molecule has 0 saturated carbocycles. The highest BCUT2D eigenvalue weighted by molar-refractivity contribution is 7.89. The first kappa shape index (κ1) is 20.2. The summed E-state index contributed by atoms with van der Waals surface area (Å²) < 4.78 is 32.4. The largest absolute Gasteiger partial charge is 0.420 e. The van der Waals surface area contributed by atoms with E-state index in [0.29, 0.717) is 0 Å². The molecule has 0 bridgehead atoms. The fourth-order valence-electron chi connectivity index (χ4n) is 3.01. The topological polar surface area (TPSA) is 119 Å². The van der Waals surface area contributed by atoms with E-state index in [0.717, 1.165) is 4.31 Å². The number of benzene rings is 1. The first-order valence-corrected chi connectivity index (χ1v) is 10.5. The molecule has 0 fully saturated rings. The van der Waals surface area contributed by atoms with E-state index in [4.69, 9.17) is 4.74 Å². The number of esters is 1. The van der Waals surface area contributed by atoms with Gasteiger partial charge in [0.05, 0.1) is 10.5 Å². The molecule has 2 aromatic heterocycles. The Hall–Kier alpha value is -4.05. The summed E-state index contributed by atoms with van der Waals surface area (Å²) in [6.07, 6.45) is 4.29. The standard InChI is InChI=1S/C21H16N4O5S/c1-25-18(20(26)24-17-10-4-5-12-23-17)19(30-21(27)14-7-6-11-22-13-14)15-8-2-3-9-16(15)31(25,28)29/h2-13H,1H3,(H,23,24,26). The fourth-order valence-corrected chi connectivity index (χ4v) is 4.40. The Morgan fingerprint density at radius 1 is 1.00 bits per heavy atom. The van der Waals surface area contributed by atoms with Crippen LogP contribution in [0, 0.1) is 0 Å². The number of hydrogen-bond donors (Lipinski definition) is 1. The molecule has 1 aliphatic heterocycles. The zero-order valence-electron chi connectivity index (χ0n) is 16.2. The second kappa shape index (κ2) is 8.00. The van der Waals surface area contributed by atoms with Crippen molar-refractivity contribution in [3.8, 4) is 0 Å². The molecule has 0 unspecified atom stereocenters. The number of nitrogens with one attached hydrogen (secondary N) is 1. The average molecular weight is 436 g/mol. The number of pyridine rings is 2. The van der Waals surface area contributed by atoms with Gasteiger partial charge >= 0.3 is 5.97 Å². The smallest absolute Gasteiger partial charge is 0.345 e. The molecule has 3 aromatic rings. The number of anilines is 1. The summed E-state index contributed by atoms with van der Waals surface area (Å²) in [4.78, 5) is 33.6. The number of sulfonamides is 1. The molecule has 1 N–H and O–H groups in total. The molecule has 1 amide bonds. The number of ether oxygens (including phenoxy) is 1. The van der Waals surface area contributed by atoms with Gasteiger partial charge < -0.3 is 10.1 Å². The van der Waals surface area contributed by atoms with Crippen LogP contribution in [-0.4, -0.2) is 41.6 Å². The number of aromatic nitrogens is 2. The van der Waals surface area contributed by atoms with Crippen molar-refractivity contribution in [2.45, 2.75) is 4.90 Å². The summed E-state index contributed by atoms with van der Waals surface area (Å²) in [6.45, 7) is 0. The van der Waals surface area contributed by atoms with E-state index in [1.807, 2.05) is 0 Å². The lowest BCUT2D eigenvalue weighted by Gasteiger charge is -2.29. The maximum absolute atomic E-state index is 13.1. The van der Waals surface area contributed by atoms with Crippen LogP contribution in [-0.2, 0) is 19.6 Å². The number of rotatable bonds is 4. The predicted octanol–water partition coefficient (Wildman–Crippen LogP) is 2.28. The Morgan fingerprint density at radius 2 is 1.77 bits per heavy atom. The maximum Gasteiger partial charge on any atom is 0.345 e. The average Bonchev–Trinajstić information content (AvgIpc) is 2.79. The third-order valence-corrected chi connectivity index (χ3v) is 6.33. The van der Waals surface area contributed by atoms with Crippen molar-refractivity contribution < 1.29 is 22.7 Å². The Bertz CT molecular complexity index is 1290. The summed E-state index contributed by atoms with van der Waals surface area (Å²) in [5, 5.41) is 2.54. The van der Waals surface area contributed by atoms with Crippen LogP contribution in [0.4, 0.5) is 5.82 Å². The normalized spacial score (nSPS) is 14.5. The van der Waals surface area contributed by atoms with Crippen molar-refractivity contribution in [2.75, 3.05) is 12.4 Å². The molecule has 4 rings (SSSR count). The Morgan fingerprint density at radius 3 is 2.48 bits per heavy atom. The van der Waals surface area contributed by atoms with Crippen molar-refractivity contribution in [2.24, 2.45) is 0 Å². The highest BCUT2D eigenvalue weighted by atomic mass is 32.2. The number of carbonyl (C=O) groups is 2. The minimum absolute atomic E-state index is 0.0825. The lowest BCUT2D eigenvalue weighted by atomic mass is 10.1. The molecule has 156 valence electrons. The van der Waals surface area contributed by atoms with Crippen molar-refractivity contribution in [3.05, 3.63) is 90.0 Å². The minimum atomic E-state index is -4.05. The van der Waals surface area contributed by atoms with Gasteiger partial charge in [-0.25, -0.2) is 18.2 Å². The van der Waals surface area contributed by atoms with Gasteiger partial charge in [-0.2, -0.15) is 0 Å². The molecule has 0 aliphatic carbocycles. The molecule has 3 heterocycles. The molecule has 0 atom stereocenters. The minimum Gasteiger partial charge on any atom is -0.420 e. The number of hydrogen-bond acceptors (Lipinski definition) is 7. The molecule has 10 heteroatoms. The second-order valence-electron chi connectivity index (χ2n) is 6.45. The van der Waals surface area contributed by atoms with Gasteiger partial charge in [-0.05, 0) is 36.4 Å². The summed E-state index contributed by atoms with van der Waals surface area (Å²) in [5.74, 6) is -1.56. The van der Waals surface area contributed by atoms with E-state index in [1.54, 1.807) is 36.4 Å². The molecule has 0 radical (unpaired) electrons. The van der Waals surface area contributed by atoms with Crippen molar-refractivity contribution in [3.63, 3.8) is 0 Å². The van der Waals surface area contributed by atoms with Crippen LogP contribution in [0.1, 0.15) is 15.9 Å². The monoisotopic (exact) mass is 436 g/mol. The van der Waals surface area contributed by atoms with E-state index in [9.17, 15) is 18.0 Å². The highest BCUT2D eigenvalue weighted by Gasteiger charge is 2.39. The Kier molecular flexibility index (Phi) is 5.22.